The Labute approximate surface area is 116 Å². The van der Waals surface area contributed by atoms with Crippen molar-refractivity contribution in [1.82, 2.24) is 0 Å². The molecule has 0 bridgehead atoms. The summed E-state index contributed by atoms with van der Waals surface area (Å²) in [6.07, 6.45) is 0. The molecule has 0 atom stereocenters. The van der Waals surface area contributed by atoms with Crippen molar-refractivity contribution in [2.75, 3.05) is 11.1 Å². The van der Waals surface area contributed by atoms with Gasteiger partial charge in [0.2, 0.25) is 10.0 Å². The number of anilines is 3. The molecular weight excluding hydrogens is 286 g/mol. The summed E-state index contributed by atoms with van der Waals surface area (Å²) >= 11 is 6.01. The molecule has 2 aromatic carbocycles. The van der Waals surface area contributed by atoms with Crippen molar-refractivity contribution < 1.29 is 8.42 Å². The number of primary sulfonamides is 1. The van der Waals surface area contributed by atoms with E-state index in [1.165, 1.54) is 12.1 Å². The smallest absolute Gasteiger partial charge is 0.238 e. The zero-order valence-electron chi connectivity index (χ0n) is 9.80. The maximum Gasteiger partial charge on any atom is 0.238 e. The molecule has 0 unspecified atom stereocenters. The van der Waals surface area contributed by atoms with Crippen molar-refractivity contribution in [1.29, 1.82) is 0 Å². The molecule has 0 radical (unpaired) electrons. The number of sulfonamides is 1. The Morgan fingerprint density at radius 1 is 1.11 bits per heavy atom. The minimum Gasteiger partial charge on any atom is -0.399 e. The lowest BCUT2D eigenvalue weighted by molar-refractivity contribution is 0.598. The van der Waals surface area contributed by atoms with Crippen molar-refractivity contribution in [2.24, 2.45) is 5.14 Å². The lowest BCUT2D eigenvalue weighted by Crippen LogP contribution is -2.12. The lowest BCUT2D eigenvalue weighted by atomic mass is 10.2. The van der Waals surface area contributed by atoms with Gasteiger partial charge < -0.3 is 11.1 Å². The summed E-state index contributed by atoms with van der Waals surface area (Å²) in [5.74, 6) is 0. The van der Waals surface area contributed by atoms with Crippen LogP contribution in [0, 0.1) is 0 Å². The Morgan fingerprint density at radius 3 is 2.42 bits per heavy atom. The second kappa shape index (κ2) is 5.08. The summed E-state index contributed by atoms with van der Waals surface area (Å²) in [4.78, 5) is -0.0537. The predicted molar refractivity (Wildman–Crippen MR) is 77.0 cm³/mol. The molecule has 0 fully saturated rings. The Bertz CT molecular complexity index is 717. The van der Waals surface area contributed by atoms with Gasteiger partial charge in [-0.3, -0.25) is 0 Å². The van der Waals surface area contributed by atoms with E-state index in [9.17, 15) is 8.42 Å². The van der Waals surface area contributed by atoms with E-state index >= 15 is 0 Å². The van der Waals surface area contributed by atoms with Crippen molar-refractivity contribution in [3.05, 3.63) is 47.5 Å². The van der Waals surface area contributed by atoms with Gasteiger partial charge in [-0.2, -0.15) is 0 Å². The largest absolute Gasteiger partial charge is 0.399 e. The monoisotopic (exact) mass is 297 g/mol. The summed E-state index contributed by atoms with van der Waals surface area (Å²) in [5.41, 5.74) is 7.09. The fourth-order valence-corrected chi connectivity index (χ4v) is 2.35. The van der Waals surface area contributed by atoms with Gasteiger partial charge in [0.05, 0.1) is 15.6 Å². The molecule has 0 spiro atoms. The normalized spacial score (nSPS) is 11.3. The Hall–Kier alpha value is -1.76. The first-order chi connectivity index (χ1) is 8.86. The second-order valence-electron chi connectivity index (χ2n) is 3.94. The third-order valence-corrected chi connectivity index (χ3v) is 3.63. The molecule has 19 heavy (non-hydrogen) atoms. The minimum atomic E-state index is -3.80. The van der Waals surface area contributed by atoms with Gasteiger partial charge in [0.25, 0.3) is 0 Å². The first-order valence-corrected chi connectivity index (χ1v) is 7.23. The van der Waals surface area contributed by atoms with Crippen molar-refractivity contribution in [3.63, 3.8) is 0 Å². The maximum atomic E-state index is 11.3. The van der Waals surface area contributed by atoms with Crippen LogP contribution in [-0.2, 0) is 10.0 Å². The zero-order chi connectivity index (χ0) is 14.0. The molecule has 0 aliphatic carbocycles. The highest BCUT2D eigenvalue weighted by Gasteiger charge is 2.10. The lowest BCUT2D eigenvalue weighted by Gasteiger charge is -2.10. The van der Waals surface area contributed by atoms with Gasteiger partial charge in [0, 0.05) is 11.4 Å². The molecule has 0 aliphatic rings. The molecule has 0 saturated carbocycles. The summed E-state index contributed by atoms with van der Waals surface area (Å²) in [6, 6.07) is 11.4. The summed E-state index contributed by atoms with van der Waals surface area (Å²) in [7, 11) is -3.80. The van der Waals surface area contributed by atoms with E-state index < -0.39 is 10.0 Å². The number of para-hydroxylation sites is 1. The number of nitrogen functional groups attached to an aromatic ring is 1. The number of hydrogen-bond donors (Lipinski definition) is 3. The number of halogens is 1. The summed E-state index contributed by atoms with van der Waals surface area (Å²) < 4.78 is 22.7. The third kappa shape index (κ3) is 3.37. The molecule has 0 amide bonds. The summed E-state index contributed by atoms with van der Waals surface area (Å²) in [5, 5.41) is 8.59. The molecule has 2 aromatic rings. The highest BCUT2D eigenvalue weighted by Crippen LogP contribution is 2.27. The third-order valence-electron chi connectivity index (χ3n) is 2.41. The van der Waals surface area contributed by atoms with Crippen LogP contribution in [0.4, 0.5) is 17.1 Å². The van der Waals surface area contributed by atoms with Crippen LogP contribution in [0.15, 0.2) is 47.4 Å². The quantitative estimate of drug-likeness (QED) is 0.757. The number of rotatable bonds is 3. The van der Waals surface area contributed by atoms with Crippen LogP contribution in [-0.4, -0.2) is 8.42 Å². The van der Waals surface area contributed by atoms with Gasteiger partial charge in [-0.05, 0) is 30.3 Å². The molecule has 0 heterocycles. The fraction of sp³-hybridized carbons (Fsp3) is 0. The number of nitrogens with two attached hydrogens (primary N) is 2. The SMILES string of the molecule is Nc1cc(Nc2ccccc2Cl)cc(S(N)(=O)=O)c1. The predicted octanol–water partition coefficient (Wildman–Crippen LogP) is 2.31. The van der Waals surface area contributed by atoms with E-state index in [1.54, 1.807) is 30.3 Å². The first kappa shape index (κ1) is 13.7. The Kier molecular flexibility index (Phi) is 3.66. The Morgan fingerprint density at radius 2 is 1.79 bits per heavy atom. The van der Waals surface area contributed by atoms with Crippen LogP contribution < -0.4 is 16.2 Å². The van der Waals surface area contributed by atoms with Gasteiger partial charge in [-0.15, -0.1) is 0 Å². The van der Waals surface area contributed by atoms with Crippen LogP contribution in [0.5, 0.6) is 0 Å². The highest BCUT2D eigenvalue weighted by molar-refractivity contribution is 7.89. The highest BCUT2D eigenvalue weighted by atomic mass is 35.5. The van der Waals surface area contributed by atoms with E-state index in [0.29, 0.717) is 22.1 Å². The molecule has 100 valence electrons. The number of hydrogen-bond acceptors (Lipinski definition) is 4. The molecule has 2 rings (SSSR count). The first-order valence-electron chi connectivity index (χ1n) is 5.31. The molecule has 0 saturated heterocycles. The number of nitrogens with one attached hydrogen (secondary N) is 1. The molecule has 0 aromatic heterocycles. The van der Waals surface area contributed by atoms with Gasteiger partial charge in [-0.25, -0.2) is 13.6 Å². The van der Waals surface area contributed by atoms with Crippen LogP contribution in [0.2, 0.25) is 5.02 Å². The second-order valence-corrected chi connectivity index (χ2v) is 5.91. The molecule has 5 N–H and O–H groups in total. The van der Waals surface area contributed by atoms with Crippen molar-refractivity contribution in [3.8, 4) is 0 Å². The average molecular weight is 298 g/mol. The number of benzene rings is 2. The maximum absolute atomic E-state index is 11.3. The van der Waals surface area contributed by atoms with Crippen LogP contribution in [0.3, 0.4) is 0 Å². The van der Waals surface area contributed by atoms with Gasteiger partial charge in [0.1, 0.15) is 0 Å². The van der Waals surface area contributed by atoms with Gasteiger partial charge in [-0.1, -0.05) is 23.7 Å². The average Bonchev–Trinajstić information content (AvgIpc) is 2.30. The summed E-state index contributed by atoms with van der Waals surface area (Å²) in [6.45, 7) is 0. The molecular formula is C12H12ClN3O2S. The van der Waals surface area contributed by atoms with Crippen molar-refractivity contribution in [2.45, 2.75) is 4.90 Å². The topological polar surface area (TPSA) is 98.2 Å². The zero-order valence-corrected chi connectivity index (χ0v) is 11.4. The molecule has 7 heteroatoms. The van der Waals surface area contributed by atoms with E-state index in [0.717, 1.165) is 0 Å². The van der Waals surface area contributed by atoms with Crippen LogP contribution >= 0.6 is 11.6 Å². The van der Waals surface area contributed by atoms with Crippen LogP contribution in [0.1, 0.15) is 0 Å². The molecule has 5 nitrogen and oxygen atoms in total. The van der Waals surface area contributed by atoms with E-state index in [-0.39, 0.29) is 4.90 Å². The minimum absolute atomic E-state index is 0.0537. The van der Waals surface area contributed by atoms with Gasteiger partial charge >= 0.3 is 0 Å². The van der Waals surface area contributed by atoms with E-state index in [4.69, 9.17) is 22.5 Å². The van der Waals surface area contributed by atoms with E-state index in [2.05, 4.69) is 5.32 Å². The standard InChI is InChI=1S/C12H12ClN3O2S/c13-11-3-1-2-4-12(11)16-9-5-8(14)6-10(7-9)19(15,17)18/h1-7,16H,14H2,(H2,15,17,18). The van der Waals surface area contributed by atoms with Crippen molar-refractivity contribution >= 4 is 38.7 Å². The fourth-order valence-electron chi connectivity index (χ4n) is 1.58. The molecule has 0 aliphatic heterocycles. The van der Waals surface area contributed by atoms with E-state index in [1.807, 2.05) is 0 Å². The van der Waals surface area contributed by atoms with Crippen LogP contribution in [0.25, 0.3) is 0 Å². The van der Waals surface area contributed by atoms with Gasteiger partial charge in [0.15, 0.2) is 0 Å². The Balaban J connectivity index is 2.42.